The third kappa shape index (κ3) is 3.49. The highest BCUT2D eigenvalue weighted by molar-refractivity contribution is 5.93. The molecule has 1 aromatic heterocycles. The van der Waals surface area contributed by atoms with Gasteiger partial charge >= 0.3 is 0 Å². The van der Waals surface area contributed by atoms with Gasteiger partial charge < -0.3 is 14.1 Å². The van der Waals surface area contributed by atoms with Gasteiger partial charge in [-0.15, -0.1) is 0 Å². The topological polar surface area (TPSA) is 45.9 Å². The fourth-order valence-electron chi connectivity index (χ4n) is 4.70. The molecule has 1 atom stereocenters. The molecule has 3 aliphatic rings. The van der Waals surface area contributed by atoms with Crippen molar-refractivity contribution in [2.24, 2.45) is 5.92 Å². The first-order chi connectivity index (χ1) is 12.2. The molecule has 4 rings (SSSR count). The van der Waals surface area contributed by atoms with Crippen LogP contribution in [0.4, 0.5) is 0 Å². The van der Waals surface area contributed by atoms with E-state index in [1.807, 2.05) is 4.90 Å². The summed E-state index contributed by atoms with van der Waals surface area (Å²) >= 11 is 0. The van der Waals surface area contributed by atoms with Gasteiger partial charge in [-0.2, -0.15) is 0 Å². The maximum Gasteiger partial charge on any atom is 0.257 e. The van der Waals surface area contributed by atoms with Crippen molar-refractivity contribution in [3.05, 3.63) is 24.2 Å². The van der Waals surface area contributed by atoms with Crippen molar-refractivity contribution < 1.29 is 13.9 Å². The van der Waals surface area contributed by atoms with Crippen molar-refractivity contribution in [2.45, 2.75) is 57.0 Å². The Morgan fingerprint density at radius 2 is 2.08 bits per heavy atom. The van der Waals surface area contributed by atoms with Crippen LogP contribution in [0.1, 0.15) is 55.8 Å². The van der Waals surface area contributed by atoms with E-state index in [1.165, 1.54) is 32.2 Å². The number of hydrogen-bond donors (Lipinski definition) is 0. The van der Waals surface area contributed by atoms with E-state index in [2.05, 4.69) is 11.8 Å². The summed E-state index contributed by atoms with van der Waals surface area (Å²) in [6.45, 7) is 6.68. The molecule has 25 heavy (non-hydrogen) atoms. The maximum absolute atomic E-state index is 12.6. The molecule has 1 saturated carbocycles. The molecule has 1 aromatic rings. The lowest BCUT2D eigenvalue weighted by molar-refractivity contribution is 0.00309. The zero-order chi connectivity index (χ0) is 17.3. The van der Waals surface area contributed by atoms with Crippen LogP contribution in [-0.4, -0.2) is 60.1 Å². The van der Waals surface area contributed by atoms with Crippen molar-refractivity contribution >= 4 is 5.91 Å². The summed E-state index contributed by atoms with van der Waals surface area (Å²) in [6.07, 6.45) is 10.6. The summed E-state index contributed by atoms with van der Waals surface area (Å²) < 4.78 is 10.8. The van der Waals surface area contributed by atoms with E-state index in [1.54, 1.807) is 18.6 Å². The number of piperidine rings is 1. The van der Waals surface area contributed by atoms with E-state index in [9.17, 15) is 4.79 Å². The first-order valence-corrected chi connectivity index (χ1v) is 9.88. The summed E-state index contributed by atoms with van der Waals surface area (Å²) in [5, 5.41) is 0. The van der Waals surface area contributed by atoms with Crippen LogP contribution in [0.25, 0.3) is 0 Å². The van der Waals surface area contributed by atoms with Crippen LogP contribution in [0.3, 0.4) is 0 Å². The summed E-state index contributed by atoms with van der Waals surface area (Å²) in [7, 11) is 0. The Morgan fingerprint density at radius 1 is 1.28 bits per heavy atom. The lowest BCUT2D eigenvalue weighted by Gasteiger charge is -2.46. The maximum atomic E-state index is 12.6. The standard InChI is InChI=1S/C20H30N2O3/c1-2-24-15-18-5-7-20(22(18)13-16-3-4-16)8-10-21(11-9-20)19(23)17-6-12-25-14-17/h6,12,14,16,18H,2-5,7-11,13,15H2,1H3/t18-/m1/s1. The van der Waals surface area contributed by atoms with Crippen molar-refractivity contribution in [1.82, 2.24) is 9.80 Å². The molecule has 2 aliphatic heterocycles. The van der Waals surface area contributed by atoms with Gasteiger partial charge in [-0.3, -0.25) is 9.69 Å². The molecule has 3 heterocycles. The Hall–Kier alpha value is -1.33. The van der Waals surface area contributed by atoms with Crippen molar-refractivity contribution in [1.29, 1.82) is 0 Å². The zero-order valence-electron chi connectivity index (χ0n) is 15.3. The molecular formula is C20H30N2O3. The van der Waals surface area contributed by atoms with E-state index in [4.69, 9.17) is 9.15 Å². The molecule has 0 aromatic carbocycles. The number of nitrogens with zero attached hydrogens (tertiary/aromatic N) is 2. The predicted octanol–water partition coefficient (Wildman–Crippen LogP) is 3.17. The van der Waals surface area contributed by atoms with Crippen molar-refractivity contribution in [3.63, 3.8) is 0 Å². The third-order valence-electron chi connectivity index (χ3n) is 6.41. The number of furan rings is 1. The number of ether oxygens (including phenoxy) is 1. The second kappa shape index (κ2) is 7.12. The first-order valence-electron chi connectivity index (χ1n) is 9.88. The third-order valence-corrected chi connectivity index (χ3v) is 6.41. The molecule has 1 aliphatic carbocycles. The molecule has 1 spiro atoms. The number of hydrogen-bond acceptors (Lipinski definition) is 4. The lowest BCUT2D eigenvalue weighted by atomic mass is 9.84. The zero-order valence-corrected chi connectivity index (χ0v) is 15.3. The molecule has 0 N–H and O–H groups in total. The highest BCUT2D eigenvalue weighted by Crippen LogP contribution is 2.44. The summed E-state index contributed by atoms with van der Waals surface area (Å²) in [5.74, 6) is 1.01. The van der Waals surface area contributed by atoms with E-state index in [0.717, 1.165) is 45.1 Å². The van der Waals surface area contributed by atoms with E-state index in [0.29, 0.717) is 11.6 Å². The minimum Gasteiger partial charge on any atom is -0.472 e. The van der Waals surface area contributed by atoms with E-state index < -0.39 is 0 Å². The number of likely N-dealkylation sites (tertiary alicyclic amines) is 2. The fourth-order valence-corrected chi connectivity index (χ4v) is 4.70. The van der Waals surface area contributed by atoms with Gasteiger partial charge in [-0.25, -0.2) is 0 Å². The highest BCUT2D eigenvalue weighted by atomic mass is 16.5. The van der Waals surface area contributed by atoms with Gasteiger partial charge in [0.1, 0.15) is 6.26 Å². The van der Waals surface area contributed by atoms with Gasteiger partial charge in [0.2, 0.25) is 0 Å². The monoisotopic (exact) mass is 346 g/mol. The molecule has 138 valence electrons. The Labute approximate surface area is 150 Å². The van der Waals surface area contributed by atoms with Crippen LogP contribution in [0.2, 0.25) is 0 Å². The van der Waals surface area contributed by atoms with Gasteiger partial charge in [0.15, 0.2) is 0 Å². The van der Waals surface area contributed by atoms with Gasteiger partial charge in [-0.1, -0.05) is 0 Å². The van der Waals surface area contributed by atoms with Crippen LogP contribution in [0.15, 0.2) is 23.0 Å². The van der Waals surface area contributed by atoms with Crippen LogP contribution in [0, 0.1) is 5.92 Å². The second-order valence-corrected chi connectivity index (χ2v) is 7.98. The van der Waals surface area contributed by atoms with Crippen LogP contribution < -0.4 is 0 Å². The molecular weight excluding hydrogens is 316 g/mol. The number of carbonyl (C=O) groups is 1. The quantitative estimate of drug-likeness (QED) is 0.794. The van der Waals surface area contributed by atoms with Gasteiger partial charge in [0.05, 0.1) is 18.4 Å². The van der Waals surface area contributed by atoms with Gasteiger partial charge in [0.25, 0.3) is 5.91 Å². The number of carbonyl (C=O) groups excluding carboxylic acids is 1. The Bertz CT molecular complexity index is 574. The normalized spacial score (nSPS) is 26.4. The molecule has 0 bridgehead atoms. The molecule has 5 nitrogen and oxygen atoms in total. The summed E-state index contributed by atoms with van der Waals surface area (Å²) in [4.78, 5) is 17.4. The molecule has 0 unspecified atom stereocenters. The Morgan fingerprint density at radius 3 is 2.72 bits per heavy atom. The number of rotatable bonds is 6. The lowest BCUT2D eigenvalue weighted by Crippen LogP contribution is -2.56. The molecule has 2 saturated heterocycles. The molecule has 0 radical (unpaired) electrons. The van der Waals surface area contributed by atoms with Crippen molar-refractivity contribution in [3.8, 4) is 0 Å². The Kier molecular flexibility index (Phi) is 4.87. The number of amides is 1. The Balaban J connectivity index is 1.41. The van der Waals surface area contributed by atoms with Crippen LogP contribution in [-0.2, 0) is 4.74 Å². The molecule has 1 amide bonds. The minimum atomic E-state index is 0.112. The SMILES string of the molecule is CCOC[C@H]1CCC2(CCN(C(=O)c3ccoc3)CC2)N1CC1CC1. The predicted molar refractivity (Wildman–Crippen MR) is 95.5 cm³/mol. The van der Waals surface area contributed by atoms with Crippen molar-refractivity contribution in [2.75, 3.05) is 32.8 Å². The molecule has 5 heteroatoms. The van der Waals surface area contributed by atoms with E-state index in [-0.39, 0.29) is 11.4 Å². The van der Waals surface area contributed by atoms with Crippen LogP contribution in [0.5, 0.6) is 0 Å². The fraction of sp³-hybridized carbons (Fsp3) is 0.750. The highest BCUT2D eigenvalue weighted by Gasteiger charge is 2.49. The average Bonchev–Trinajstić information content (AvgIpc) is 3.17. The van der Waals surface area contributed by atoms with E-state index >= 15 is 0 Å². The minimum absolute atomic E-state index is 0.112. The van der Waals surface area contributed by atoms with Crippen LogP contribution >= 0.6 is 0 Å². The van der Waals surface area contributed by atoms with Gasteiger partial charge in [0, 0.05) is 37.8 Å². The summed E-state index contributed by atoms with van der Waals surface area (Å²) in [6, 6.07) is 2.33. The first kappa shape index (κ1) is 17.1. The summed E-state index contributed by atoms with van der Waals surface area (Å²) in [5.41, 5.74) is 0.962. The smallest absolute Gasteiger partial charge is 0.257 e. The van der Waals surface area contributed by atoms with Gasteiger partial charge in [-0.05, 0) is 57.4 Å². The molecule has 3 fully saturated rings. The largest absolute Gasteiger partial charge is 0.472 e. The average molecular weight is 346 g/mol. The second-order valence-electron chi connectivity index (χ2n) is 7.98.